The van der Waals surface area contributed by atoms with E-state index in [1.165, 1.54) is 24.6 Å². The molecule has 78 valence electrons. The highest BCUT2D eigenvalue weighted by molar-refractivity contribution is 7.99. The van der Waals surface area contributed by atoms with Gasteiger partial charge in [-0.15, -0.1) is 0 Å². The lowest BCUT2D eigenvalue weighted by Crippen LogP contribution is -2.36. The molecule has 1 aliphatic rings. The fourth-order valence-corrected chi connectivity index (χ4v) is 2.28. The van der Waals surface area contributed by atoms with Crippen LogP contribution in [0.25, 0.3) is 0 Å². The van der Waals surface area contributed by atoms with Crippen molar-refractivity contribution in [1.29, 1.82) is 0 Å². The number of rotatable bonds is 3. The lowest BCUT2D eigenvalue weighted by atomic mass is 10.2. The first-order valence-electron chi connectivity index (χ1n) is 5.02. The molecule has 2 nitrogen and oxygen atoms in total. The maximum atomic E-state index is 5.68. The maximum Gasteiger partial charge on any atom is 0.0600 e. The predicted octanol–water partition coefficient (Wildman–Crippen LogP) is 1.85. The normalized spacial score (nSPS) is 20.5. The molecule has 3 heteroatoms. The molecule has 0 amide bonds. The average Bonchev–Trinajstić information content (AvgIpc) is 2.04. The zero-order chi connectivity index (χ0) is 9.73. The maximum absolute atomic E-state index is 5.68. The lowest BCUT2D eigenvalue weighted by molar-refractivity contribution is -0.0121. The van der Waals surface area contributed by atoms with Crippen LogP contribution in [-0.4, -0.2) is 48.2 Å². The molecule has 13 heavy (non-hydrogen) atoms. The third kappa shape index (κ3) is 5.55. The summed E-state index contributed by atoms with van der Waals surface area (Å²) in [6.45, 7) is 10.8. The molecule has 0 aromatic rings. The molecule has 0 aromatic carbocycles. The summed E-state index contributed by atoms with van der Waals surface area (Å²) in [6, 6.07) is 0. The number of thioether (sulfide) groups is 1. The molecule has 0 aromatic heterocycles. The Labute approximate surface area is 86.0 Å². The van der Waals surface area contributed by atoms with E-state index in [2.05, 4.69) is 37.4 Å². The Bertz CT molecular complexity index is 138. The molecule has 1 saturated heterocycles. The van der Waals surface area contributed by atoms with E-state index in [0.29, 0.717) is 0 Å². The van der Waals surface area contributed by atoms with Crippen LogP contribution in [0.5, 0.6) is 0 Å². The van der Waals surface area contributed by atoms with Gasteiger partial charge in [-0.2, -0.15) is 11.8 Å². The fourth-order valence-electron chi connectivity index (χ4n) is 1.31. The van der Waals surface area contributed by atoms with Gasteiger partial charge in [0.1, 0.15) is 0 Å². The predicted molar refractivity (Wildman–Crippen MR) is 59.5 cm³/mol. The van der Waals surface area contributed by atoms with E-state index >= 15 is 0 Å². The van der Waals surface area contributed by atoms with Gasteiger partial charge in [0.2, 0.25) is 0 Å². The van der Waals surface area contributed by atoms with Crippen LogP contribution in [0.3, 0.4) is 0 Å². The van der Waals surface area contributed by atoms with Crippen molar-refractivity contribution in [1.82, 2.24) is 4.90 Å². The van der Waals surface area contributed by atoms with Crippen molar-refractivity contribution in [3.8, 4) is 0 Å². The van der Waals surface area contributed by atoms with E-state index in [0.717, 1.165) is 13.2 Å². The highest BCUT2D eigenvalue weighted by Crippen LogP contribution is 2.10. The standard InChI is InChI=1S/C10H21NOS/c1-10(2,3)12-7-4-11-5-8-13-9-6-11/h4-9H2,1-3H3. The van der Waals surface area contributed by atoms with Gasteiger partial charge >= 0.3 is 0 Å². The van der Waals surface area contributed by atoms with Crippen molar-refractivity contribution >= 4 is 11.8 Å². The first-order valence-corrected chi connectivity index (χ1v) is 6.17. The van der Waals surface area contributed by atoms with Crippen LogP contribution < -0.4 is 0 Å². The van der Waals surface area contributed by atoms with E-state index in [4.69, 9.17) is 4.74 Å². The minimum absolute atomic E-state index is 0.0184. The lowest BCUT2D eigenvalue weighted by Gasteiger charge is -2.28. The van der Waals surface area contributed by atoms with Crippen LogP contribution >= 0.6 is 11.8 Å². The van der Waals surface area contributed by atoms with Crippen LogP contribution in [0, 0.1) is 0 Å². The molecule has 1 heterocycles. The minimum Gasteiger partial charge on any atom is -0.375 e. The molecule has 0 unspecified atom stereocenters. The molecule has 0 atom stereocenters. The van der Waals surface area contributed by atoms with Gasteiger partial charge in [-0.25, -0.2) is 0 Å². The summed E-state index contributed by atoms with van der Waals surface area (Å²) < 4.78 is 5.68. The molecule has 0 N–H and O–H groups in total. The average molecular weight is 203 g/mol. The van der Waals surface area contributed by atoms with Gasteiger partial charge in [0.15, 0.2) is 0 Å². The Morgan fingerprint density at radius 2 is 1.85 bits per heavy atom. The van der Waals surface area contributed by atoms with Gasteiger partial charge in [-0.1, -0.05) is 0 Å². The van der Waals surface area contributed by atoms with Crippen molar-refractivity contribution < 1.29 is 4.74 Å². The van der Waals surface area contributed by atoms with Gasteiger partial charge in [-0.3, -0.25) is 4.90 Å². The summed E-state index contributed by atoms with van der Waals surface area (Å²) in [5.41, 5.74) is 0.0184. The molecule has 0 bridgehead atoms. The fraction of sp³-hybridized carbons (Fsp3) is 1.00. The summed E-state index contributed by atoms with van der Waals surface area (Å²) in [6.07, 6.45) is 0. The van der Waals surface area contributed by atoms with Crippen molar-refractivity contribution in [2.24, 2.45) is 0 Å². The van der Waals surface area contributed by atoms with Crippen molar-refractivity contribution in [2.75, 3.05) is 37.7 Å². The zero-order valence-electron chi connectivity index (χ0n) is 9.01. The zero-order valence-corrected chi connectivity index (χ0v) is 9.82. The number of hydrogen-bond acceptors (Lipinski definition) is 3. The van der Waals surface area contributed by atoms with Gasteiger partial charge in [0.05, 0.1) is 12.2 Å². The molecule has 1 rings (SSSR count). The highest BCUT2D eigenvalue weighted by atomic mass is 32.2. The molecule has 0 spiro atoms. The number of hydrogen-bond donors (Lipinski definition) is 0. The monoisotopic (exact) mass is 203 g/mol. The third-order valence-corrected chi connectivity index (χ3v) is 2.99. The van der Waals surface area contributed by atoms with Crippen molar-refractivity contribution in [2.45, 2.75) is 26.4 Å². The Morgan fingerprint density at radius 1 is 1.23 bits per heavy atom. The Kier molecular flexibility index (Phi) is 4.56. The van der Waals surface area contributed by atoms with Crippen LogP contribution in [-0.2, 0) is 4.74 Å². The van der Waals surface area contributed by atoms with E-state index in [-0.39, 0.29) is 5.60 Å². The highest BCUT2D eigenvalue weighted by Gasteiger charge is 2.13. The van der Waals surface area contributed by atoms with Crippen LogP contribution in [0.2, 0.25) is 0 Å². The van der Waals surface area contributed by atoms with E-state index in [1.54, 1.807) is 0 Å². The topological polar surface area (TPSA) is 12.5 Å². The second kappa shape index (κ2) is 5.23. The second-order valence-corrected chi connectivity index (χ2v) is 5.64. The largest absolute Gasteiger partial charge is 0.375 e. The molecule has 0 saturated carbocycles. The van der Waals surface area contributed by atoms with Crippen molar-refractivity contribution in [3.63, 3.8) is 0 Å². The quantitative estimate of drug-likeness (QED) is 0.694. The first kappa shape index (κ1) is 11.3. The van der Waals surface area contributed by atoms with Gasteiger partial charge in [0, 0.05) is 31.1 Å². The molecular weight excluding hydrogens is 182 g/mol. The van der Waals surface area contributed by atoms with E-state index in [9.17, 15) is 0 Å². The smallest absolute Gasteiger partial charge is 0.0600 e. The number of nitrogens with zero attached hydrogens (tertiary/aromatic N) is 1. The van der Waals surface area contributed by atoms with Crippen LogP contribution in [0.4, 0.5) is 0 Å². The Hall–Kier alpha value is 0.270. The van der Waals surface area contributed by atoms with Gasteiger partial charge in [-0.05, 0) is 20.8 Å². The third-order valence-electron chi connectivity index (χ3n) is 2.05. The van der Waals surface area contributed by atoms with Crippen LogP contribution in [0.15, 0.2) is 0 Å². The molecule has 1 aliphatic heterocycles. The molecule has 1 fully saturated rings. The van der Waals surface area contributed by atoms with Crippen molar-refractivity contribution in [3.05, 3.63) is 0 Å². The van der Waals surface area contributed by atoms with E-state index in [1.807, 2.05) is 0 Å². The second-order valence-electron chi connectivity index (χ2n) is 4.41. The summed E-state index contributed by atoms with van der Waals surface area (Å²) in [5, 5.41) is 0. The van der Waals surface area contributed by atoms with Gasteiger partial charge < -0.3 is 4.74 Å². The molecular formula is C10H21NOS. The molecule has 0 aliphatic carbocycles. The van der Waals surface area contributed by atoms with E-state index < -0.39 is 0 Å². The Morgan fingerprint density at radius 3 is 2.38 bits per heavy atom. The summed E-state index contributed by atoms with van der Waals surface area (Å²) in [7, 11) is 0. The first-order chi connectivity index (χ1) is 6.08. The summed E-state index contributed by atoms with van der Waals surface area (Å²) in [5.74, 6) is 2.57. The van der Waals surface area contributed by atoms with Crippen LogP contribution in [0.1, 0.15) is 20.8 Å². The SMILES string of the molecule is CC(C)(C)OCCN1CCSCC1. The number of ether oxygens (including phenoxy) is 1. The Balaban J connectivity index is 2.04. The molecule has 0 radical (unpaired) electrons. The summed E-state index contributed by atoms with van der Waals surface area (Å²) in [4.78, 5) is 2.49. The van der Waals surface area contributed by atoms with Gasteiger partial charge in [0.25, 0.3) is 0 Å². The summed E-state index contributed by atoms with van der Waals surface area (Å²) >= 11 is 2.06. The minimum atomic E-state index is 0.0184.